The van der Waals surface area contributed by atoms with Crippen LogP contribution in [0.25, 0.3) is 0 Å². The highest BCUT2D eigenvalue weighted by molar-refractivity contribution is 7.89. The molecule has 0 spiro atoms. The molecule has 0 aliphatic carbocycles. The minimum absolute atomic E-state index is 0.00926. The fourth-order valence-electron chi connectivity index (χ4n) is 1.82. The molecule has 0 aliphatic rings. The highest BCUT2D eigenvalue weighted by Crippen LogP contribution is 2.16. The van der Waals surface area contributed by atoms with Crippen molar-refractivity contribution in [1.82, 2.24) is 9.71 Å². The molecule has 0 radical (unpaired) electrons. The molecule has 0 fully saturated rings. The molecule has 114 valence electrons. The fraction of sp³-hybridized carbons (Fsp3) is 0.357. The highest BCUT2D eigenvalue weighted by atomic mass is 32.2. The number of hydrogen-bond acceptors (Lipinski definition) is 5. The Kier molecular flexibility index (Phi) is 4.76. The third-order valence-corrected chi connectivity index (χ3v) is 4.56. The molecular weight excluding hydrogens is 292 g/mol. The lowest BCUT2D eigenvalue weighted by molar-refractivity contribution is 0.280. The Bertz CT molecular complexity index is 722. The van der Waals surface area contributed by atoms with Gasteiger partial charge in [-0.3, -0.25) is 0 Å². The van der Waals surface area contributed by atoms with E-state index in [0.29, 0.717) is 23.6 Å². The summed E-state index contributed by atoms with van der Waals surface area (Å²) < 4.78 is 32.2. The molecule has 7 heteroatoms. The Morgan fingerprint density at radius 2 is 2.14 bits per heavy atom. The number of benzene rings is 1. The second-order valence-electron chi connectivity index (χ2n) is 4.64. The van der Waals surface area contributed by atoms with Crippen molar-refractivity contribution in [2.45, 2.75) is 38.3 Å². The molecule has 2 rings (SSSR count). The molecule has 0 saturated carbocycles. The first-order chi connectivity index (χ1) is 9.96. The number of sulfonamides is 1. The minimum Gasteiger partial charge on any atom is -0.444 e. The molecular formula is C14H18N2O4S. The van der Waals surface area contributed by atoms with Crippen molar-refractivity contribution in [1.29, 1.82) is 0 Å². The normalized spacial score (nSPS) is 11.8. The van der Waals surface area contributed by atoms with Crippen LogP contribution in [0.3, 0.4) is 0 Å². The topological polar surface area (TPSA) is 92.4 Å². The van der Waals surface area contributed by atoms with E-state index in [-0.39, 0.29) is 18.0 Å². The van der Waals surface area contributed by atoms with Gasteiger partial charge in [-0.25, -0.2) is 18.1 Å². The summed E-state index contributed by atoms with van der Waals surface area (Å²) in [6, 6.07) is 4.63. The van der Waals surface area contributed by atoms with Crippen LogP contribution in [0.4, 0.5) is 0 Å². The molecule has 0 aliphatic heterocycles. The van der Waals surface area contributed by atoms with Crippen LogP contribution in [0.1, 0.15) is 29.7 Å². The standard InChI is InChI=1S/C14H18N2O4S/c1-3-12-7-15-14(20-12)8-16-21(18,19)13-5-4-10(2)11(6-13)9-17/h4-7,16-17H,3,8-9H2,1-2H3. The van der Waals surface area contributed by atoms with Gasteiger partial charge < -0.3 is 9.52 Å². The van der Waals surface area contributed by atoms with Crippen molar-refractivity contribution in [3.05, 3.63) is 47.2 Å². The van der Waals surface area contributed by atoms with Gasteiger partial charge in [0.25, 0.3) is 0 Å². The van der Waals surface area contributed by atoms with Crippen LogP contribution >= 0.6 is 0 Å². The molecule has 2 N–H and O–H groups in total. The summed E-state index contributed by atoms with van der Waals surface area (Å²) in [4.78, 5) is 4.11. The van der Waals surface area contributed by atoms with E-state index < -0.39 is 10.0 Å². The number of aromatic nitrogens is 1. The molecule has 1 heterocycles. The molecule has 0 bridgehead atoms. The quantitative estimate of drug-likeness (QED) is 0.844. The van der Waals surface area contributed by atoms with Crippen LogP contribution < -0.4 is 4.72 Å². The van der Waals surface area contributed by atoms with Gasteiger partial charge in [0.15, 0.2) is 0 Å². The largest absolute Gasteiger partial charge is 0.444 e. The third kappa shape index (κ3) is 3.69. The zero-order valence-electron chi connectivity index (χ0n) is 12.0. The zero-order chi connectivity index (χ0) is 15.5. The van der Waals surface area contributed by atoms with Crippen LogP contribution in [0.15, 0.2) is 33.7 Å². The molecule has 0 unspecified atom stereocenters. The number of nitrogens with one attached hydrogen (secondary N) is 1. The van der Waals surface area contributed by atoms with E-state index in [1.165, 1.54) is 12.1 Å². The number of oxazole rings is 1. The Morgan fingerprint density at radius 3 is 2.76 bits per heavy atom. The maximum Gasteiger partial charge on any atom is 0.241 e. The van der Waals surface area contributed by atoms with Gasteiger partial charge in [-0.15, -0.1) is 0 Å². The molecule has 1 aromatic carbocycles. The highest BCUT2D eigenvalue weighted by Gasteiger charge is 2.16. The van der Waals surface area contributed by atoms with Crippen LogP contribution in [-0.4, -0.2) is 18.5 Å². The minimum atomic E-state index is -3.67. The van der Waals surface area contributed by atoms with E-state index >= 15 is 0 Å². The van der Waals surface area contributed by atoms with Crippen LogP contribution in [0.2, 0.25) is 0 Å². The number of hydrogen-bond donors (Lipinski definition) is 2. The van der Waals surface area contributed by atoms with Crippen molar-refractivity contribution in [2.75, 3.05) is 0 Å². The van der Waals surface area contributed by atoms with Crippen molar-refractivity contribution < 1.29 is 17.9 Å². The van der Waals surface area contributed by atoms with E-state index in [1.807, 2.05) is 13.8 Å². The van der Waals surface area contributed by atoms with Gasteiger partial charge in [0.1, 0.15) is 5.76 Å². The fourth-order valence-corrected chi connectivity index (χ4v) is 2.84. The molecule has 0 atom stereocenters. The van der Waals surface area contributed by atoms with E-state index in [9.17, 15) is 13.5 Å². The Balaban J connectivity index is 2.14. The summed E-state index contributed by atoms with van der Waals surface area (Å²) >= 11 is 0. The van der Waals surface area contributed by atoms with Gasteiger partial charge in [-0.1, -0.05) is 13.0 Å². The maximum atomic E-state index is 12.2. The summed E-state index contributed by atoms with van der Waals surface area (Å²) in [7, 11) is -3.67. The molecule has 0 amide bonds. The Morgan fingerprint density at radius 1 is 1.38 bits per heavy atom. The Labute approximate surface area is 123 Å². The average molecular weight is 310 g/mol. The smallest absolute Gasteiger partial charge is 0.241 e. The van der Waals surface area contributed by atoms with Crippen LogP contribution in [0.5, 0.6) is 0 Å². The van der Waals surface area contributed by atoms with Crippen molar-refractivity contribution in [3.63, 3.8) is 0 Å². The predicted molar refractivity (Wildman–Crippen MR) is 77.0 cm³/mol. The predicted octanol–water partition coefficient (Wildman–Crippen LogP) is 1.52. The van der Waals surface area contributed by atoms with Gasteiger partial charge in [0.05, 0.1) is 24.2 Å². The van der Waals surface area contributed by atoms with Crippen molar-refractivity contribution in [3.8, 4) is 0 Å². The first-order valence-electron chi connectivity index (χ1n) is 6.60. The average Bonchev–Trinajstić information content (AvgIpc) is 2.93. The van der Waals surface area contributed by atoms with Gasteiger partial charge >= 0.3 is 0 Å². The number of aryl methyl sites for hydroxylation is 2. The van der Waals surface area contributed by atoms with Crippen molar-refractivity contribution >= 4 is 10.0 Å². The van der Waals surface area contributed by atoms with Gasteiger partial charge in [0.2, 0.25) is 15.9 Å². The summed E-state index contributed by atoms with van der Waals surface area (Å²) in [5.74, 6) is 1.03. The van der Waals surface area contributed by atoms with E-state index in [2.05, 4.69) is 9.71 Å². The number of aliphatic hydroxyl groups is 1. The van der Waals surface area contributed by atoms with E-state index in [4.69, 9.17) is 4.42 Å². The molecule has 6 nitrogen and oxygen atoms in total. The second-order valence-corrected chi connectivity index (χ2v) is 6.41. The molecule has 1 aromatic heterocycles. The number of rotatable bonds is 6. The lowest BCUT2D eigenvalue weighted by Crippen LogP contribution is -2.23. The van der Waals surface area contributed by atoms with Gasteiger partial charge in [0, 0.05) is 6.42 Å². The third-order valence-electron chi connectivity index (χ3n) is 3.16. The van der Waals surface area contributed by atoms with Crippen molar-refractivity contribution in [2.24, 2.45) is 0 Å². The lowest BCUT2D eigenvalue weighted by Gasteiger charge is -2.08. The molecule has 21 heavy (non-hydrogen) atoms. The first kappa shape index (κ1) is 15.7. The molecule has 2 aromatic rings. The van der Waals surface area contributed by atoms with E-state index in [1.54, 1.807) is 12.3 Å². The monoisotopic (exact) mass is 310 g/mol. The summed E-state index contributed by atoms with van der Waals surface area (Å²) in [5.41, 5.74) is 1.43. The number of aliphatic hydroxyl groups excluding tert-OH is 1. The first-order valence-corrected chi connectivity index (χ1v) is 8.08. The summed E-state index contributed by atoms with van der Waals surface area (Å²) in [6.07, 6.45) is 2.29. The summed E-state index contributed by atoms with van der Waals surface area (Å²) in [5, 5.41) is 9.21. The SMILES string of the molecule is CCc1cnc(CNS(=O)(=O)c2ccc(C)c(CO)c2)o1. The second kappa shape index (κ2) is 6.38. The van der Waals surface area contributed by atoms with Crippen LogP contribution in [-0.2, 0) is 29.6 Å². The lowest BCUT2D eigenvalue weighted by atomic mass is 10.1. The zero-order valence-corrected chi connectivity index (χ0v) is 12.8. The Hall–Kier alpha value is -1.70. The molecule has 0 saturated heterocycles. The van der Waals surface area contributed by atoms with E-state index in [0.717, 1.165) is 5.56 Å². The number of nitrogens with zero attached hydrogens (tertiary/aromatic N) is 1. The van der Waals surface area contributed by atoms with Gasteiger partial charge in [-0.05, 0) is 30.2 Å². The maximum absolute atomic E-state index is 12.2. The van der Waals surface area contributed by atoms with Crippen LogP contribution in [0, 0.1) is 6.92 Å². The van der Waals surface area contributed by atoms with Gasteiger partial charge in [-0.2, -0.15) is 0 Å². The summed E-state index contributed by atoms with van der Waals surface area (Å²) in [6.45, 7) is 3.53.